The number of carbonyl (C=O) groups is 1. The minimum atomic E-state index is -1.08. The van der Waals surface area contributed by atoms with Crippen molar-refractivity contribution in [2.24, 2.45) is 0 Å². The van der Waals surface area contributed by atoms with Crippen LogP contribution < -0.4 is 0 Å². The van der Waals surface area contributed by atoms with Gasteiger partial charge in [0.2, 0.25) is 0 Å². The molecule has 1 atom stereocenters. The highest BCUT2D eigenvalue weighted by atomic mass is 16.4. The van der Waals surface area contributed by atoms with Gasteiger partial charge in [-0.15, -0.1) is 6.58 Å². The Morgan fingerprint density at radius 2 is 2.20 bits per heavy atom. The van der Waals surface area contributed by atoms with Crippen molar-refractivity contribution in [3.05, 3.63) is 24.8 Å². The number of aliphatic hydroxyl groups is 1. The molecule has 0 rings (SSSR count). The van der Waals surface area contributed by atoms with Gasteiger partial charge in [0.15, 0.2) is 0 Å². The molecule has 0 spiro atoms. The molecule has 0 heterocycles. The Labute approximate surface area is 59.3 Å². The first-order valence-electron chi connectivity index (χ1n) is 2.79. The minimum absolute atomic E-state index is 0.00704. The number of carboxylic acids is 1. The van der Waals surface area contributed by atoms with Crippen LogP contribution in [0.3, 0.4) is 0 Å². The molecule has 0 aliphatic rings. The zero-order valence-electron chi connectivity index (χ0n) is 5.58. The van der Waals surface area contributed by atoms with E-state index in [0.717, 1.165) is 0 Å². The monoisotopic (exact) mass is 142 g/mol. The first-order chi connectivity index (χ1) is 4.57. The molecule has 0 aromatic heterocycles. The molecule has 0 fully saturated rings. The third kappa shape index (κ3) is 3.04. The Kier molecular flexibility index (Phi) is 3.43. The van der Waals surface area contributed by atoms with Crippen LogP contribution in [0.25, 0.3) is 0 Å². The molecule has 0 bridgehead atoms. The van der Waals surface area contributed by atoms with Crippen molar-refractivity contribution >= 4 is 5.97 Å². The Hall–Kier alpha value is -1.09. The van der Waals surface area contributed by atoms with Gasteiger partial charge >= 0.3 is 5.97 Å². The fourth-order valence-corrected chi connectivity index (χ4v) is 0.423. The van der Waals surface area contributed by atoms with E-state index >= 15 is 0 Å². The first kappa shape index (κ1) is 8.91. The molecule has 0 aliphatic heterocycles. The average molecular weight is 142 g/mol. The lowest BCUT2D eigenvalue weighted by Gasteiger charge is -2.02. The molecule has 0 aromatic rings. The van der Waals surface area contributed by atoms with Gasteiger partial charge in [0.05, 0.1) is 6.10 Å². The van der Waals surface area contributed by atoms with Crippen molar-refractivity contribution in [2.75, 3.05) is 0 Å². The van der Waals surface area contributed by atoms with Crippen molar-refractivity contribution < 1.29 is 15.0 Å². The molecule has 1 unspecified atom stereocenters. The third-order valence-corrected chi connectivity index (χ3v) is 1.03. The minimum Gasteiger partial charge on any atom is -0.478 e. The van der Waals surface area contributed by atoms with Crippen LogP contribution in [0.2, 0.25) is 0 Å². The standard InChI is InChI=1S/C7H10O3/c1-3-6(8)4-5(2)7(9)10/h3,6,8H,1-2,4H2,(H,9,10). The highest BCUT2D eigenvalue weighted by Crippen LogP contribution is 2.02. The molecule has 0 amide bonds. The zero-order chi connectivity index (χ0) is 8.15. The molecule has 3 nitrogen and oxygen atoms in total. The Bertz CT molecular complexity index is 160. The molecule has 2 N–H and O–H groups in total. The maximum Gasteiger partial charge on any atom is 0.331 e. The van der Waals surface area contributed by atoms with Crippen molar-refractivity contribution in [1.29, 1.82) is 0 Å². The maximum atomic E-state index is 10.1. The first-order valence-corrected chi connectivity index (χ1v) is 2.79. The number of aliphatic hydroxyl groups excluding tert-OH is 1. The maximum absolute atomic E-state index is 10.1. The quantitative estimate of drug-likeness (QED) is 0.445. The van der Waals surface area contributed by atoms with Crippen molar-refractivity contribution in [3.8, 4) is 0 Å². The number of carboxylic acid groups (broad SMARTS) is 1. The molecule has 0 radical (unpaired) electrons. The number of rotatable bonds is 4. The van der Waals surface area contributed by atoms with E-state index in [1.807, 2.05) is 0 Å². The summed E-state index contributed by atoms with van der Waals surface area (Å²) in [6, 6.07) is 0. The average Bonchev–Trinajstić information content (AvgIpc) is 1.87. The second kappa shape index (κ2) is 3.85. The lowest BCUT2D eigenvalue weighted by Crippen LogP contribution is -2.08. The van der Waals surface area contributed by atoms with Gasteiger partial charge in [0.25, 0.3) is 0 Å². The lowest BCUT2D eigenvalue weighted by atomic mass is 10.1. The summed E-state index contributed by atoms with van der Waals surface area (Å²) in [6.45, 7) is 6.52. The third-order valence-electron chi connectivity index (χ3n) is 1.03. The van der Waals surface area contributed by atoms with Crippen LogP contribution in [0.4, 0.5) is 0 Å². The Morgan fingerprint density at radius 3 is 2.50 bits per heavy atom. The topological polar surface area (TPSA) is 57.5 Å². The molecule has 10 heavy (non-hydrogen) atoms. The van der Waals surface area contributed by atoms with Gasteiger partial charge < -0.3 is 10.2 Å². The van der Waals surface area contributed by atoms with Crippen molar-refractivity contribution in [1.82, 2.24) is 0 Å². The highest BCUT2D eigenvalue weighted by molar-refractivity contribution is 5.85. The van der Waals surface area contributed by atoms with Crippen LogP contribution in [0.1, 0.15) is 6.42 Å². The second-order valence-electron chi connectivity index (χ2n) is 1.92. The van der Waals surface area contributed by atoms with E-state index in [0.29, 0.717) is 0 Å². The van der Waals surface area contributed by atoms with Crippen molar-refractivity contribution in [2.45, 2.75) is 12.5 Å². The molecule has 0 aliphatic carbocycles. The summed E-state index contributed by atoms with van der Waals surface area (Å²) in [5.41, 5.74) is -0.00704. The van der Waals surface area contributed by atoms with E-state index in [4.69, 9.17) is 10.2 Å². The summed E-state index contributed by atoms with van der Waals surface area (Å²) in [4.78, 5) is 10.1. The molecule has 56 valence electrons. The van der Waals surface area contributed by atoms with Gasteiger partial charge in [-0.25, -0.2) is 4.79 Å². The summed E-state index contributed by atoms with van der Waals surface area (Å²) in [6.07, 6.45) is 0.510. The highest BCUT2D eigenvalue weighted by Gasteiger charge is 2.07. The lowest BCUT2D eigenvalue weighted by molar-refractivity contribution is -0.133. The van der Waals surface area contributed by atoms with E-state index in [9.17, 15) is 4.79 Å². The van der Waals surface area contributed by atoms with Crippen LogP contribution in [0.15, 0.2) is 24.8 Å². The van der Waals surface area contributed by atoms with E-state index in [1.54, 1.807) is 0 Å². The fraction of sp³-hybridized carbons (Fsp3) is 0.286. The van der Waals surface area contributed by atoms with Gasteiger partial charge in [-0.05, 0) is 0 Å². The van der Waals surface area contributed by atoms with E-state index < -0.39 is 12.1 Å². The van der Waals surface area contributed by atoms with Crippen LogP contribution in [0, 0.1) is 0 Å². The second-order valence-corrected chi connectivity index (χ2v) is 1.92. The van der Waals surface area contributed by atoms with Crippen LogP contribution >= 0.6 is 0 Å². The molecule has 0 saturated carbocycles. The molecule has 0 saturated heterocycles. The van der Waals surface area contributed by atoms with E-state index in [2.05, 4.69) is 13.2 Å². The smallest absolute Gasteiger partial charge is 0.331 e. The zero-order valence-corrected chi connectivity index (χ0v) is 5.58. The van der Waals surface area contributed by atoms with Gasteiger partial charge in [0, 0.05) is 12.0 Å². The summed E-state index contributed by atoms with van der Waals surface area (Å²) in [5.74, 6) is -1.08. The molecule has 3 heteroatoms. The predicted octanol–water partition coefficient (Wildman–Crippen LogP) is 0.564. The molecular formula is C7H10O3. The van der Waals surface area contributed by atoms with Crippen LogP contribution in [-0.2, 0) is 4.79 Å². The SMILES string of the molecule is C=CC(O)CC(=C)C(=O)O. The van der Waals surface area contributed by atoms with Crippen LogP contribution in [-0.4, -0.2) is 22.3 Å². The number of aliphatic carboxylic acids is 1. The van der Waals surface area contributed by atoms with E-state index in [1.165, 1.54) is 6.08 Å². The van der Waals surface area contributed by atoms with E-state index in [-0.39, 0.29) is 12.0 Å². The summed E-state index contributed by atoms with van der Waals surface area (Å²) >= 11 is 0. The fourth-order valence-electron chi connectivity index (χ4n) is 0.423. The van der Waals surface area contributed by atoms with Gasteiger partial charge in [-0.3, -0.25) is 0 Å². The van der Waals surface area contributed by atoms with Crippen LogP contribution in [0.5, 0.6) is 0 Å². The molecular weight excluding hydrogens is 132 g/mol. The normalized spacial score (nSPS) is 12.1. The van der Waals surface area contributed by atoms with Gasteiger partial charge in [-0.1, -0.05) is 12.7 Å². The summed E-state index contributed by atoms with van der Waals surface area (Å²) in [7, 11) is 0. The molecule has 0 aromatic carbocycles. The summed E-state index contributed by atoms with van der Waals surface area (Å²) in [5, 5.41) is 17.1. The largest absolute Gasteiger partial charge is 0.478 e. The van der Waals surface area contributed by atoms with Gasteiger partial charge in [-0.2, -0.15) is 0 Å². The predicted molar refractivity (Wildman–Crippen MR) is 37.6 cm³/mol. The van der Waals surface area contributed by atoms with Gasteiger partial charge in [0.1, 0.15) is 0 Å². The Morgan fingerprint density at radius 1 is 1.70 bits per heavy atom. The Balaban J connectivity index is 3.79. The van der Waals surface area contributed by atoms with Crippen molar-refractivity contribution in [3.63, 3.8) is 0 Å². The summed E-state index contributed by atoms with van der Waals surface area (Å²) < 4.78 is 0. The number of hydrogen-bond donors (Lipinski definition) is 2. The number of hydrogen-bond acceptors (Lipinski definition) is 2.